The molecule has 3 rings (SSSR count). The van der Waals surface area contributed by atoms with Gasteiger partial charge in [0.05, 0.1) is 5.69 Å². The Morgan fingerprint density at radius 2 is 2.14 bits per heavy atom. The number of carbonyl (C=O) groups is 1. The monoisotopic (exact) mass is 186 g/mol. The summed E-state index contributed by atoms with van der Waals surface area (Å²) in [6, 6.07) is 7.24. The Labute approximate surface area is 79.8 Å². The summed E-state index contributed by atoms with van der Waals surface area (Å²) in [5.74, 6) is 0. The fraction of sp³-hybridized carbons (Fsp3) is 0.111. The summed E-state index contributed by atoms with van der Waals surface area (Å²) in [6.07, 6.45) is 1.17. The highest BCUT2D eigenvalue weighted by atomic mass is 16.2. The number of rotatable bonds is 0. The van der Waals surface area contributed by atoms with Gasteiger partial charge in [-0.15, -0.1) is 0 Å². The number of azo groups is 1. The first-order valence-corrected chi connectivity index (χ1v) is 4.22. The van der Waals surface area contributed by atoms with E-state index >= 15 is 0 Å². The molecule has 68 valence electrons. The van der Waals surface area contributed by atoms with Gasteiger partial charge < -0.3 is 0 Å². The Hall–Kier alpha value is -2.04. The zero-order chi connectivity index (χ0) is 9.54. The van der Waals surface area contributed by atoms with Crippen LogP contribution in [0.1, 0.15) is 11.7 Å². The highest BCUT2D eigenvalue weighted by molar-refractivity contribution is 5.91. The summed E-state index contributed by atoms with van der Waals surface area (Å²) in [7, 11) is 0. The van der Waals surface area contributed by atoms with Gasteiger partial charge in [0.2, 0.25) is 0 Å². The number of carbonyl (C=O) groups excluding carboxylic acids is 1. The minimum atomic E-state index is -0.353. The Morgan fingerprint density at radius 3 is 3.07 bits per heavy atom. The van der Waals surface area contributed by atoms with E-state index in [9.17, 15) is 4.79 Å². The van der Waals surface area contributed by atoms with Crippen molar-refractivity contribution in [3.8, 4) is 0 Å². The van der Waals surface area contributed by atoms with E-state index in [-0.39, 0.29) is 12.2 Å². The maximum Gasteiger partial charge on any atom is 0.369 e. The van der Waals surface area contributed by atoms with Crippen LogP contribution in [0.25, 0.3) is 0 Å². The van der Waals surface area contributed by atoms with E-state index in [1.54, 1.807) is 0 Å². The molecule has 1 unspecified atom stereocenters. The lowest BCUT2D eigenvalue weighted by molar-refractivity contribution is 0.230. The van der Waals surface area contributed by atoms with Crippen LogP contribution in [-0.2, 0) is 0 Å². The topological polar surface area (TPSA) is 57.4 Å². The normalized spacial score (nSPS) is 22.4. The van der Waals surface area contributed by atoms with Crippen molar-refractivity contribution in [2.45, 2.75) is 6.17 Å². The Bertz CT molecular complexity index is 466. The molecule has 2 amide bonds. The minimum absolute atomic E-state index is 0.309. The lowest BCUT2D eigenvalue weighted by atomic mass is 10.1. The molecule has 0 bridgehead atoms. The first-order valence-electron chi connectivity index (χ1n) is 4.22. The molecule has 2 aliphatic rings. The van der Waals surface area contributed by atoms with Gasteiger partial charge in [-0.3, -0.25) is 4.90 Å². The van der Waals surface area contributed by atoms with Crippen LogP contribution in [0.3, 0.4) is 0 Å². The first kappa shape index (κ1) is 7.37. The molecule has 1 aromatic rings. The molecule has 1 aromatic carbocycles. The van der Waals surface area contributed by atoms with Crippen LogP contribution in [0.4, 0.5) is 10.5 Å². The van der Waals surface area contributed by atoms with Crippen molar-refractivity contribution in [1.29, 1.82) is 0 Å². The largest absolute Gasteiger partial charge is 0.369 e. The molecule has 2 heterocycles. The summed E-state index contributed by atoms with van der Waals surface area (Å²) in [5.41, 5.74) is 1.77. The molecular formula is C9H6N4O. The quantitative estimate of drug-likeness (QED) is 0.613. The lowest BCUT2D eigenvalue weighted by Gasteiger charge is -2.21. The van der Waals surface area contributed by atoms with Crippen molar-refractivity contribution in [3.63, 3.8) is 0 Å². The number of benzene rings is 1. The maximum absolute atomic E-state index is 11.2. The molecule has 0 saturated carbocycles. The second kappa shape index (κ2) is 2.47. The van der Waals surface area contributed by atoms with Crippen molar-refractivity contribution >= 4 is 18.1 Å². The average molecular weight is 186 g/mol. The molecule has 0 fully saturated rings. The van der Waals surface area contributed by atoms with Crippen molar-refractivity contribution < 1.29 is 4.79 Å². The second-order valence-corrected chi connectivity index (χ2v) is 3.08. The van der Waals surface area contributed by atoms with Crippen molar-refractivity contribution in [2.75, 3.05) is 0 Å². The van der Waals surface area contributed by atoms with Crippen molar-refractivity contribution in [2.24, 2.45) is 15.2 Å². The maximum atomic E-state index is 11.2. The number of amides is 2. The van der Waals surface area contributed by atoms with Crippen LogP contribution in [0.5, 0.6) is 0 Å². The van der Waals surface area contributed by atoms with E-state index in [1.165, 1.54) is 11.2 Å². The van der Waals surface area contributed by atoms with Gasteiger partial charge in [0.15, 0.2) is 6.17 Å². The second-order valence-electron chi connectivity index (χ2n) is 3.08. The van der Waals surface area contributed by atoms with E-state index in [0.29, 0.717) is 0 Å². The first-order chi connectivity index (χ1) is 6.86. The molecule has 0 spiro atoms. The number of hydrogen-bond donors (Lipinski definition) is 0. The molecule has 0 saturated heterocycles. The average Bonchev–Trinajstić information content (AvgIpc) is 2.61. The third-order valence-corrected chi connectivity index (χ3v) is 2.27. The number of aliphatic imine (C=N–C) groups is 1. The molecular weight excluding hydrogens is 180 g/mol. The van der Waals surface area contributed by atoms with Crippen LogP contribution < -0.4 is 0 Å². The Balaban J connectivity index is 2.18. The van der Waals surface area contributed by atoms with Crippen LogP contribution in [0.15, 0.2) is 39.5 Å². The molecule has 5 heteroatoms. The zero-order valence-corrected chi connectivity index (χ0v) is 7.16. The van der Waals surface area contributed by atoms with Gasteiger partial charge >= 0.3 is 6.03 Å². The van der Waals surface area contributed by atoms with Gasteiger partial charge in [0, 0.05) is 5.56 Å². The van der Waals surface area contributed by atoms with Gasteiger partial charge in [-0.2, -0.15) is 5.11 Å². The summed E-state index contributed by atoms with van der Waals surface area (Å²) in [4.78, 5) is 16.8. The molecule has 0 radical (unpaired) electrons. The highest BCUT2D eigenvalue weighted by Gasteiger charge is 2.33. The number of urea groups is 1. The van der Waals surface area contributed by atoms with E-state index in [1.807, 2.05) is 24.3 Å². The number of fused-ring (bicyclic) bond motifs is 3. The predicted molar refractivity (Wildman–Crippen MR) is 49.4 cm³/mol. The summed E-state index contributed by atoms with van der Waals surface area (Å²) in [5, 5.41) is 7.39. The zero-order valence-electron chi connectivity index (χ0n) is 7.16. The van der Waals surface area contributed by atoms with Gasteiger partial charge in [-0.05, 0) is 6.07 Å². The van der Waals surface area contributed by atoms with Crippen molar-refractivity contribution in [3.05, 3.63) is 29.8 Å². The Kier molecular flexibility index (Phi) is 1.30. The minimum Gasteiger partial charge on any atom is -0.252 e. The smallest absolute Gasteiger partial charge is 0.252 e. The highest BCUT2D eigenvalue weighted by Crippen LogP contribution is 2.36. The molecule has 5 nitrogen and oxygen atoms in total. The van der Waals surface area contributed by atoms with E-state index in [2.05, 4.69) is 15.2 Å². The molecule has 1 atom stereocenters. The molecule has 0 N–H and O–H groups in total. The SMILES string of the molecule is O=C1N=NC2c3ccccc3N=CN12. The summed E-state index contributed by atoms with van der Waals surface area (Å²) < 4.78 is 0. The Morgan fingerprint density at radius 1 is 1.29 bits per heavy atom. The standard InChI is InChI=1S/C9H6N4O/c14-9-12-11-8-6-3-1-2-4-7(6)10-5-13(8)9/h1-5,8H. The molecule has 0 aliphatic carbocycles. The van der Waals surface area contributed by atoms with E-state index in [0.717, 1.165) is 11.3 Å². The molecule has 0 aromatic heterocycles. The fourth-order valence-corrected chi connectivity index (χ4v) is 1.59. The third-order valence-electron chi connectivity index (χ3n) is 2.27. The predicted octanol–water partition coefficient (Wildman–Crippen LogP) is 2.25. The van der Waals surface area contributed by atoms with Gasteiger partial charge in [-0.1, -0.05) is 23.3 Å². The number of para-hydroxylation sites is 1. The van der Waals surface area contributed by atoms with Gasteiger partial charge in [0.25, 0.3) is 0 Å². The fourth-order valence-electron chi connectivity index (χ4n) is 1.59. The van der Waals surface area contributed by atoms with Gasteiger partial charge in [0.1, 0.15) is 6.34 Å². The third kappa shape index (κ3) is 0.834. The lowest BCUT2D eigenvalue weighted by Crippen LogP contribution is -2.27. The number of hydrogen-bond acceptors (Lipinski definition) is 3. The van der Waals surface area contributed by atoms with Crippen molar-refractivity contribution in [1.82, 2.24) is 4.90 Å². The molecule has 14 heavy (non-hydrogen) atoms. The van der Waals surface area contributed by atoms with Gasteiger partial charge in [-0.25, -0.2) is 9.79 Å². The van der Waals surface area contributed by atoms with Crippen LogP contribution in [0, 0.1) is 0 Å². The number of nitrogens with zero attached hydrogens (tertiary/aromatic N) is 4. The van der Waals surface area contributed by atoms with Crippen LogP contribution in [0.2, 0.25) is 0 Å². The van der Waals surface area contributed by atoms with E-state index in [4.69, 9.17) is 0 Å². The van der Waals surface area contributed by atoms with Crippen LogP contribution in [-0.4, -0.2) is 17.3 Å². The summed E-state index contributed by atoms with van der Waals surface area (Å²) in [6.45, 7) is 0. The summed E-state index contributed by atoms with van der Waals surface area (Å²) >= 11 is 0. The van der Waals surface area contributed by atoms with E-state index < -0.39 is 0 Å². The molecule has 2 aliphatic heterocycles. The van der Waals surface area contributed by atoms with Crippen LogP contribution >= 0.6 is 0 Å².